The van der Waals surface area contributed by atoms with Crippen LogP contribution in [0, 0.1) is 18.8 Å². The molecule has 0 heterocycles. The van der Waals surface area contributed by atoms with Gasteiger partial charge in [-0.3, -0.25) is 9.00 Å². The van der Waals surface area contributed by atoms with Crippen LogP contribution in [0.25, 0.3) is 0 Å². The Morgan fingerprint density at radius 1 is 1.45 bits per heavy atom. The monoisotopic (exact) mass is 293 g/mol. The Morgan fingerprint density at radius 3 is 2.85 bits per heavy atom. The summed E-state index contributed by atoms with van der Waals surface area (Å²) in [5, 5.41) is 11.5. The Hall–Kier alpha value is -1.64. The smallest absolute Gasteiger partial charge is 0.252 e. The van der Waals surface area contributed by atoms with E-state index in [4.69, 9.17) is 5.11 Å². The number of aliphatic hydroxyl groups is 1. The maximum absolute atomic E-state index is 12.1. The normalized spacial score (nSPS) is 11.3. The first-order chi connectivity index (χ1) is 9.54. The van der Waals surface area contributed by atoms with Crippen LogP contribution < -0.4 is 5.32 Å². The van der Waals surface area contributed by atoms with Crippen LogP contribution in [0.4, 0.5) is 0 Å². The van der Waals surface area contributed by atoms with E-state index in [-0.39, 0.29) is 12.5 Å². The summed E-state index contributed by atoms with van der Waals surface area (Å²) < 4.78 is 10.9. The molecule has 108 valence electrons. The molecule has 0 aliphatic heterocycles. The number of carbonyl (C=O) groups is 1. The SMILES string of the molecule is Cc1ccc(C(=O)NCCCS(C)=O)c(C#CCO)c1. The molecule has 0 aliphatic carbocycles. The fourth-order valence-electron chi connectivity index (χ4n) is 1.67. The molecule has 0 saturated heterocycles. The molecule has 0 spiro atoms. The number of rotatable bonds is 5. The fourth-order valence-corrected chi connectivity index (χ4v) is 2.22. The molecule has 1 rings (SSSR count). The third-order valence-electron chi connectivity index (χ3n) is 2.62. The summed E-state index contributed by atoms with van der Waals surface area (Å²) >= 11 is 0. The topological polar surface area (TPSA) is 66.4 Å². The third kappa shape index (κ3) is 5.55. The number of amides is 1. The minimum absolute atomic E-state index is 0.200. The first kappa shape index (κ1) is 16.4. The highest BCUT2D eigenvalue weighted by Crippen LogP contribution is 2.10. The molecule has 1 aromatic rings. The number of aliphatic hydroxyl groups excluding tert-OH is 1. The zero-order chi connectivity index (χ0) is 15.0. The summed E-state index contributed by atoms with van der Waals surface area (Å²) in [6, 6.07) is 5.39. The number of nitrogens with one attached hydrogen (secondary N) is 1. The predicted molar refractivity (Wildman–Crippen MR) is 81.0 cm³/mol. The molecule has 4 nitrogen and oxygen atoms in total. The van der Waals surface area contributed by atoms with Crippen LogP contribution >= 0.6 is 0 Å². The lowest BCUT2D eigenvalue weighted by Crippen LogP contribution is -2.26. The summed E-state index contributed by atoms with van der Waals surface area (Å²) in [6.45, 7) is 2.17. The highest BCUT2D eigenvalue weighted by molar-refractivity contribution is 7.84. The molecule has 0 fully saturated rings. The zero-order valence-electron chi connectivity index (χ0n) is 11.7. The molecule has 5 heteroatoms. The standard InChI is InChI=1S/C15H19NO3S/c1-12-6-7-14(13(11-12)5-3-9-17)15(18)16-8-4-10-20(2)19/h6-7,11,17H,4,8-10H2,1-2H3,(H,16,18). The molecule has 20 heavy (non-hydrogen) atoms. The van der Waals surface area contributed by atoms with Gasteiger partial charge in [-0.15, -0.1) is 0 Å². The summed E-state index contributed by atoms with van der Waals surface area (Å²) in [5.74, 6) is 5.71. The van der Waals surface area contributed by atoms with Crippen molar-refractivity contribution >= 4 is 16.7 Å². The van der Waals surface area contributed by atoms with Crippen LogP contribution in [-0.4, -0.2) is 40.4 Å². The second-order valence-electron chi connectivity index (χ2n) is 4.40. The molecule has 0 radical (unpaired) electrons. The van der Waals surface area contributed by atoms with Crippen molar-refractivity contribution in [3.63, 3.8) is 0 Å². The van der Waals surface area contributed by atoms with Crippen LogP contribution in [0.5, 0.6) is 0 Å². The van der Waals surface area contributed by atoms with Gasteiger partial charge in [0.1, 0.15) is 6.61 Å². The highest BCUT2D eigenvalue weighted by atomic mass is 32.2. The van der Waals surface area contributed by atoms with E-state index in [0.29, 0.717) is 29.8 Å². The predicted octanol–water partition coefficient (Wildman–Crippen LogP) is 0.837. The number of aryl methyl sites for hydroxylation is 1. The van der Waals surface area contributed by atoms with Crippen LogP contribution in [0.3, 0.4) is 0 Å². The van der Waals surface area contributed by atoms with Crippen molar-refractivity contribution in [2.45, 2.75) is 13.3 Å². The van der Waals surface area contributed by atoms with Crippen molar-refractivity contribution < 1.29 is 14.1 Å². The lowest BCUT2D eigenvalue weighted by atomic mass is 10.0. The van der Waals surface area contributed by atoms with E-state index in [2.05, 4.69) is 17.2 Å². The second kappa shape index (κ2) is 8.51. The molecular formula is C15H19NO3S. The average molecular weight is 293 g/mol. The zero-order valence-corrected chi connectivity index (χ0v) is 12.5. The Balaban J connectivity index is 2.74. The fraction of sp³-hybridized carbons (Fsp3) is 0.400. The van der Waals surface area contributed by atoms with E-state index in [1.807, 2.05) is 19.1 Å². The van der Waals surface area contributed by atoms with Gasteiger partial charge in [0, 0.05) is 34.9 Å². The number of hydrogen-bond donors (Lipinski definition) is 2. The van der Waals surface area contributed by atoms with Gasteiger partial charge in [-0.1, -0.05) is 17.9 Å². The average Bonchev–Trinajstić information content (AvgIpc) is 2.41. The van der Waals surface area contributed by atoms with Gasteiger partial charge in [0.15, 0.2) is 0 Å². The Labute approximate surface area is 122 Å². The molecule has 1 amide bonds. The van der Waals surface area contributed by atoms with Gasteiger partial charge < -0.3 is 10.4 Å². The van der Waals surface area contributed by atoms with E-state index in [9.17, 15) is 9.00 Å². The van der Waals surface area contributed by atoms with Crippen molar-refractivity contribution in [3.8, 4) is 11.8 Å². The second-order valence-corrected chi connectivity index (χ2v) is 5.95. The first-order valence-corrected chi connectivity index (χ1v) is 8.06. The van der Waals surface area contributed by atoms with Crippen molar-refractivity contribution in [1.82, 2.24) is 5.32 Å². The molecule has 0 aromatic heterocycles. The maximum Gasteiger partial charge on any atom is 0.252 e. The largest absolute Gasteiger partial charge is 0.384 e. The van der Waals surface area contributed by atoms with Crippen molar-refractivity contribution in [1.29, 1.82) is 0 Å². The highest BCUT2D eigenvalue weighted by Gasteiger charge is 2.09. The number of benzene rings is 1. The van der Waals surface area contributed by atoms with E-state index in [1.54, 1.807) is 12.3 Å². The summed E-state index contributed by atoms with van der Waals surface area (Å²) in [6.07, 6.45) is 2.32. The Kier molecular flexibility index (Phi) is 6.99. The molecular weight excluding hydrogens is 274 g/mol. The van der Waals surface area contributed by atoms with Crippen molar-refractivity contribution in [3.05, 3.63) is 34.9 Å². The molecule has 1 unspecified atom stereocenters. The van der Waals surface area contributed by atoms with Crippen LogP contribution in [-0.2, 0) is 10.8 Å². The van der Waals surface area contributed by atoms with Crippen LogP contribution in [0.15, 0.2) is 18.2 Å². The van der Waals surface area contributed by atoms with E-state index in [1.165, 1.54) is 0 Å². The summed E-state index contributed by atoms with van der Waals surface area (Å²) in [4.78, 5) is 12.1. The quantitative estimate of drug-likeness (QED) is 0.624. The molecule has 2 N–H and O–H groups in total. The van der Waals surface area contributed by atoms with Crippen molar-refractivity contribution in [2.75, 3.05) is 25.2 Å². The number of hydrogen-bond acceptors (Lipinski definition) is 3. The third-order valence-corrected chi connectivity index (χ3v) is 3.48. The van der Waals surface area contributed by atoms with Gasteiger partial charge >= 0.3 is 0 Å². The van der Waals surface area contributed by atoms with Gasteiger partial charge in [-0.05, 0) is 31.0 Å². The molecule has 1 aromatic carbocycles. The minimum atomic E-state index is -0.838. The van der Waals surface area contributed by atoms with Gasteiger partial charge in [0.25, 0.3) is 5.91 Å². The summed E-state index contributed by atoms with van der Waals surface area (Å²) in [7, 11) is -0.838. The van der Waals surface area contributed by atoms with E-state index >= 15 is 0 Å². The lowest BCUT2D eigenvalue weighted by Gasteiger charge is -2.07. The van der Waals surface area contributed by atoms with Crippen molar-refractivity contribution in [2.24, 2.45) is 0 Å². The van der Waals surface area contributed by atoms with Gasteiger partial charge in [0.05, 0.1) is 5.56 Å². The lowest BCUT2D eigenvalue weighted by molar-refractivity contribution is 0.0953. The Bertz CT molecular complexity index is 558. The maximum atomic E-state index is 12.1. The van der Waals surface area contributed by atoms with E-state index < -0.39 is 10.8 Å². The minimum Gasteiger partial charge on any atom is -0.384 e. The van der Waals surface area contributed by atoms with Gasteiger partial charge in [-0.25, -0.2) is 0 Å². The van der Waals surface area contributed by atoms with Gasteiger partial charge in [0.2, 0.25) is 0 Å². The Morgan fingerprint density at radius 2 is 2.20 bits per heavy atom. The van der Waals surface area contributed by atoms with Crippen LogP contribution in [0.1, 0.15) is 27.9 Å². The summed E-state index contributed by atoms with van der Waals surface area (Å²) in [5.41, 5.74) is 2.11. The van der Waals surface area contributed by atoms with Gasteiger partial charge in [-0.2, -0.15) is 0 Å². The van der Waals surface area contributed by atoms with Crippen LogP contribution in [0.2, 0.25) is 0 Å². The number of carbonyl (C=O) groups excluding carboxylic acids is 1. The molecule has 1 atom stereocenters. The first-order valence-electron chi connectivity index (χ1n) is 6.33. The molecule has 0 saturated carbocycles. The molecule has 0 aliphatic rings. The van der Waals surface area contributed by atoms with E-state index in [0.717, 1.165) is 5.56 Å². The molecule has 0 bridgehead atoms.